The predicted molar refractivity (Wildman–Crippen MR) is 79.5 cm³/mol. The number of carbonyl (C=O) groups excluding carboxylic acids is 1. The SMILES string of the molecule is C/C(=N\O)c1cccc(NC(=O)c2ccc(C#N)cc2)c1. The quantitative estimate of drug-likeness (QED) is 0.514. The Labute approximate surface area is 122 Å². The summed E-state index contributed by atoms with van der Waals surface area (Å²) in [6.07, 6.45) is 0. The number of carbonyl (C=O) groups is 1. The van der Waals surface area contributed by atoms with E-state index in [2.05, 4.69) is 10.5 Å². The Morgan fingerprint density at radius 2 is 1.90 bits per heavy atom. The summed E-state index contributed by atoms with van der Waals surface area (Å²) in [6.45, 7) is 1.67. The standard InChI is InChI=1S/C16H13N3O2/c1-11(19-21)14-3-2-4-15(9-14)18-16(20)13-7-5-12(10-17)6-8-13/h2-9,21H,1H3,(H,18,20)/b19-11+. The smallest absolute Gasteiger partial charge is 0.255 e. The van der Waals surface area contributed by atoms with Gasteiger partial charge in [-0.2, -0.15) is 5.26 Å². The number of anilines is 1. The first-order valence-corrected chi connectivity index (χ1v) is 6.24. The molecular weight excluding hydrogens is 266 g/mol. The monoisotopic (exact) mass is 279 g/mol. The highest BCUT2D eigenvalue weighted by Gasteiger charge is 2.07. The van der Waals surface area contributed by atoms with E-state index >= 15 is 0 Å². The van der Waals surface area contributed by atoms with Crippen LogP contribution in [-0.2, 0) is 0 Å². The first kappa shape index (κ1) is 14.3. The van der Waals surface area contributed by atoms with Crippen molar-refractivity contribution >= 4 is 17.3 Å². The van der Waals surface area contributed by atoms with Gasteiger partial charge in [-0.05, 0) is 43.3 Å². The lowest BCUT2D eigenvalue weighted by Gasteiger charge is -2.07. The predicted octanol–water partition coefficient (Wildman–Crippen LogP) is 3.01. The first-order valence-electron chi connectivity index (χ1n) is 6.24. The molecule has 0 aliphatic heterocycles. The normalized spacial score (nSPS) is 10.8. The molecule has 2 aromatic carbocycles. The minimum absolute atomic E-state index is 0.268. The molecule has 0 unspecified atom stereocenters. The highest BCUT2D eigenvalue weighted by atomic mass is 16.4. The van der Waals surface area contributed by atoms with Crippen LogP contribution in [0.25, 0.3) is 0 Å². The van der Waals surface area contributed by atoms with Crippen molar-refractivity contribution in [3.63, 3.8) is 0 Å². The number of benzene rings is 2. The molecule has 2 N–H and O–H groups in total. The summed E-state index contributed by atoms with van der Waals surface area (Å²) in [4.78, 5) is 12.1. The second-order valence-corrected chi connectivity index (χ2v) is 4.41. The van der Waals surface area contributed by atoms with Gasteiger partial charge >= 0.3 is 0 Å². The van der Waals surface area contributed by atoms with Crippen LogP contribution in [0, 0.1) is 11.3 Å². The van der Waals surface area contributed by atoms with Gasteiger partial charge in [0.05, 0.1) is 17.3 Å². The van der Waals surface area contributed by atoms with E-state index in [4.69, 9.17) is 10.5 Å². The molecule has 2 rings (SSSR count). The van der Waals surface area contributed by atoms with Crippen LogP contribution in [0.15, 0.2) is 53.7 Å². The van der Waals surface area contributed by atoms with Crippen molar-refractivity contribution in [2.24, 2.45) is 5.16 Å². The highest BCUT2D eigenvalue weighted by molar-refractivity contribution is 6.05. The van der Waals surface area contributed by atoms with Crippen molar-refractivity contribution in [1.29, 1.82) is 5.26 Å². The van der Waals surface area contributed by atoms with Gasteiger partial charge in [0.2, 0.25) is 0 Å². The lowest BCUT2D eigenvalue weighted by Crippen LogP contribution is -2.12. The molecular formula is C16H13N3O2. The number of rotatable bonds is 3. The van der Waals surface area contributed by atoms with Crippen LogP contribution in [0.3, 0.4) is 0 Å². The second kappa shape index (κ2) is 6.35. The molecule has 0 radical (unpaired) electrons. The van der Waals surface area contributed by atoms with Gasteiger partial charge in [0.15, 0.2) is 0 Å². The van der Waals surface area contributed by atoms with Gasteiger partial charge in [0.25, 0.3) is 5.91 Å². The molecule has 0 atom stereocenters. The summed E-state index contributed by atoms with van der Waals surface area (Å²) in [6, 6.07) is 15.4. The van der Waals surface area contributed by atoms with E-state index in [9.17, 15) is 4.79 Å². The fraction of sp³-hybridized carbons (Fsp3) is 0.0625. The molecule has 0 saturated carbocycles. The average Bonchev–Trinajstić information content (AvgIpc) is 2.54. The van der Waals surface area contributed by atoms with Crippen LogP contribution in [0.1, 0.15) is 28.4 Å². The number of hydrogen-bond acceptors (Lipinski definition) is 4. The van der Waals surface area contributed by atoms with E-state index in [1.165, 1.54) is 0 Å². The highest BCUT2D eigenvalue weighted by Crippen LogP contribution is 2.13. The van der Waals surface area contributed by atoms with Crippen LogP contribution < -0.4 is 5.32 Å². The molecule has 21 heavy (non-hydrogen) atoms. The number of nitrogens with zero attached hydrogens (tertiary/aromatic N) is 2. The van der Waals surface area contributed by atoms with E-state index in [0.29, 0.717) is 22.5 Å². The van der Waals surface area contributed by atoms with Gasteiger partial charge in [-0.25, -0.2) is 0 Å². The average molecular weight is 279 g/mol. The van der Waals surface area contributed by atoms with E-state index < -0.39 is 0 Å². The molecule has 0 aliphatic carbocycles. The molecule has 1 amide bonds. The number of nitriles is 1. The van der Waals surface area contributed by atoms with E-state index in [0.717, 1.165) is 5.56 Å². The molecule has 0 saturated heterocycles. The zero-order chi connectivity index (χ0) is 15.2. The molecule has 0 fully saturated rings. The van der Waals surface area contributed by atoms with Gasteiger partial charge in [0, 0.05) is 16.8 Å². The van der Waals surface area contributed by atoms with Crippen LogP contribution >= 0.6 is 0 Å². The largest absolute Gasteiger partial charge is 0.411 e. The Morgan fingerprint density at radius 1 is 1.19 bits per heavy atom. The van der Waals surface area contributed by atoms with E-state index in [1.807, 2.05) is 6.07 Å². The molecule has 0 spiro atoms. The third-order valence-corrected chi connectivity index (χ3v) is 2.96. The third-order valence-electron chi connectivity index (χ3n) is 2.96. The van der Waals surface area contributed by atoms with Gasteiger partial charge in [-0.3, -0.25) is 4.79 Å². The Balaban J connectivity index is 2.17. The summed E-state index contributed by atoms with van der Waals surface area (Å²) in [7, 11) is 0. The number of nitrogens with one attached hydrogen (secondary N) is 1. The topological polar surface area (TPSA) is 85.5 Å². The first-order chi connectivity index (χ1) is 10.1. The lowest BCUT2D eigenvalue weighted by atomic mass is 10.1. The van der Waals surface area contributed by atoms with Crippen LogP contribution in [0.2, 0.25) is 0 Å². The van der Waals surface area contributed by atoms with Crippen molar-refractivity contribution in [2.75, 3.05) is 5.32 Å². The molecule has 0 aliphatic rings. The molecule has 5 nitrogen and oxygen atoms in total. The zero-order valence-electron chi connectivity index (χ0n) is 11.4. The van der Waals surface area contributed by atoms with Gasteiger partial charge in [0.1, 0.15) is 0 Å². The van der Waals surface area contributed by atoms with Crippen LogP contribution in [0.5, 0.6) is 0 Å². The van der Waals surface area contributed by atoms with Crippen LogP contribution in [-0.4, -0.2) is 16.8 Å². The van der Waals surface area contributed by atoms with Crippen molar-refractivity contribution in [2.45, 2.75) is 6.92 Å². The van der Waals surface area contributed by atoms with Crippen LogP contribution in [0.4, 0.5) is 5.69 Å². The van der Waals surface area contributed by atoms with E-state index in [-0.39, 0.29) is 5.91 Å². The summed E-state index contributed by atoms with van der Waals surface area (Å²) in [5, 5.41) is 23.4. The Morgan fingerprint density at radius 3 is 2.52 bits per heavy atom. The Bertz CT molecular complexity index is 728. The second-order valence-electron chi connectivity index (χ2n) is 4.41. The summed E-state index contributed by atoms with van der Waals surface area (Å²) in [5.41, 5.74) is 2.75. The fourth-order valence-corrected chi connectivity index (χ4v) is 1.78. The zero-order valence-corrected chi connectivity index (χ0v) is 11.4. The molecule has 104 valence electrons. The number of amides is 1. The number of oxime groups is 1. The molecule has 0 bridgehead atoms. The summed E-state index contributed by atoms with van der Waals surface area (Å²) in [5.74, 6) is -0.268. The third kappa shape index (κ3) is 3.45. The maximum absolute atomic E-state index is 12.1. The molecule has 0 heterocycles. The van der Waals surface area contributed by atoms with Gasteiger partial charge < -0.3 is 10.5 Å². The minimum atomic E-state index is -0.268. The van der Waals surface area contributed by atoms with Crippen molar-refractivity contribution in [1.82, 2.24) is 0 Å². The number of hydrogen-bond donors (Lipinski definition) is 2. The van der Waals surface area contributed by atoms with Gasteiger partial charge in [-0.1, -0.05) is 17.3 Å². The maximum atomic E-state index is 12.1. The lowest BCUT2D eigenvalue weighted by molar-refractivity contribution is 0.102. The van der Waals surface area contributed by atoms with Crippen molar-refractivity contribution < 1.29 is 10.0 Å². The van der Waals surface area contributed by atoms with Gasteiger partial charge in [-0.15, -0.1) is 0 Å². The maximum Gasteiger partial charge on any atom is 0.255 e. The Kier molecular flexibility index (Phi) is 4.32. The van der Waals surface area contributed by atoms with E-state index in [1.54, 1.807) is 55.5 Å². The van der Waals surface area contributed by atoms with Crippen molar-refractivity contribution in [3.05, 3.63) is 65.2 Å². The molecule has 0 aromatic heterocycles. The summed E-state index contributed by atoms with van der Waals surface area (Å²) < 4.78 is 0. The minimum Gasteiger partial charge on any atom is -0.411 e. The fourth-order valence-electron chi connectivity index (χ4n) is 1.78. The van der Waals surface area contributed by atoms with Crippen molar-refractivity contribution in [3.8, 4) is 6.07 Å². The Hall–Kier alpha value is -3.13. The molecule has 5 heteroatoms. The molecule has 2 aromatic rings. The summed E-state index contributed by atoms with van der Waals surface area (Å²) >= 11 is 0.